The van der Waals surface area contributed by atoms with Crippen molar-refractivity contribution >= 4 is 0 Å². The molecule has 2 N–H and O–H groups in total. The molecule has 0 bridgehead atoms. The lowest BCUT2D eigenvalue weighted by Crippen LogP contribution is -2.48. The van der Waals surface area contributed by atoms with Gasteiger partial charge in [-0.05, 0) is 76.5 Å². The van der Waals surface area contributed by atoms with Gasteiger partial charge in [-0.2, -0.15) is 0 Å². The van der Waals surface area contributed by atoms with Gasteiger partial charge in [0.1, 0.15) is 0 Å². The number of hydrogen-bond acceptors (Lipinski definition) is 3. The highest BCUT2D eigenvalue weighted by atomic mass is 15.1. The van der Waals surface area contributed by atoms with Crippen LogP contribution in [0.1, 0.15) is 51.9 Å². The van der Waals surface area contributed by atoms with E-state index in [1.807, 2.05) is 0 Å². The van der Waals surface area contributed by atoms with Crippen LogP contribution >= 0.6 is 0 Å². The summed E-state index contributed by atoms with van der Waals surface area (Å²) in [6.45, 7) is 7.52. The molecule has 3 fully saturated rings. The van der Waals surface area contributed by atoms with Crippen LogP contribution in [0.4, 0.5) is 0 Å². The van der Waals surface area contributed by atoms with E-state index < -0.39 is 0 Å². The molecule has 2 aliphatic heterocycles. The second-order valence-electron chi connectivity index (χ2n) is 7.90. The van der Waals surface area contributed by atoms with Gasteiger partial charge in [0.2, 0.25) is 0 Å². The third-order valence-electron chi connectivity index (χ3n) is 6.17. The van der Waals surface area contributed by atoms with Crippen LogP contribution in [0.3, 0.4) is 0 Å². The number of likely N-dealkylation sites (tertiary alicyclic amines) is 1. The fourth-order valence-corrected chi connectivity index (χ4v) is 4.51. The monoisotopic (exact) mass is 279 g/mol. The first-order chi connectivity index (χ1) is 9.66. The minimum Gasteiger partial charge on any atom is -0.314 e. The van der Waals surface area contributed by atoms with Crippen LogP contribution in [-0.4, -0.2) is 50.2 Å². The Morgan fingerprint density at radius 1 is 1.15 bits per heavy atom. The van der Waals surface area contributed by atoms with E-state index in [0.29, 0.717) is 5.41 Å². The minimum absolute atomic E-state index is 0.531. The van der Waals surface area contributed by atoms with Crippen molar-refractivity contribution in [2.75, 3.05) is 33.2 Å². The molecule has 0 amide bonds. The fraction of sp³-hybridized carbons (Fsp3) is 1.00. The standard InChI is InChI=1S/C17H33N3/c1-17(8-11-20(2)12-9-17)13-19-16-6-3-5-14(16)15-7-4-10-18-15/h14-16,18-19H,3-13H2,1-2H3. The fourth-order valence-electron chi connectivity index (χ4n) is 4.51. The van der Waals surface area contributed by atoms with Gasteiger partial charge in [-0.15, -0.1) is 0 Å². The molecule has 3 aliphatic rings. The van der Waals surface area contributed by atoms with Gasteiger partial charge in [0, 0.05) is 18.6 Å². The Morgan fingerprint density at radius 2 is 1.95 bits per heavy atom. The normalized spacial score (nSPS) is 38.4. The zero-order valence-electron chi connectivity index (χ0n) is 13.5. The lowest BCUT2D eigenvalue weighted by Gasteiger charge is -2.39. The van der Waals surface area contributed by atoms with E-state index >= 15 is 0 Å². The van der Waals surface area contributed by atoms with Crippen LogP contribution in [0.15, 0.2) is 0 Å². The second-order valence-corrected chi connectivity index (χ2v) is 7.90. The second kappa shape index (κ2) is 6.33. The number of rotatable bonds is 4. The van der Waals surface area contributed by atoms with Crippen molar-refractivity contribution in [3.05, 3.63) is 0 Å². The first-order valence-electron chi connectivity index (χ1n) is 8.82. The molecule has 2 heterocycles. The zero-order chi connectivity index (χ0) is 14.0. The molecular weight excluding hydrogens is 246 g/mol. The molecule has 3 heteroatoms. The minimum atomic E-state index is 0.531. The Bertz CT molecular complexity index is 303. The largest absolute Gasteiger partial charge is 0.314 e. The Kier molecular flexibility index (Phi) is 4.68. The molecule has 3 rings (SSSR count). The third-order valence-corrected chi connectivity index (χ3v) is 6.17. The van der Waals surface area contributed by atoms with E-state index in [0.717, 1.165) is 18.0 Å². The molecule has 0 aromatic rings. The number of piperidine rings is 1. The Morgan fingerprint density at radius 3 is 2.65 bits per heavy atom. The highest BCUT2D eigenvalue weighted by molar-refractivity contribution is 4.94. The maximum Gasteiger partial charge on any atom is 0.0111 e. The molecule has 0 radical (unpaired) electrons. The number of hydrogen-bond donors (Lipinski definition) is 2. The van der Waals surface area contributed by atoms with Gasteiger partial charge < -0.3 is 15.5 Å². The van der Waals surface area contributed by atoms with Crippen molar-refractivity contribution in [2.24, 2.45) is 11.3 Å². The summed E-state index contributed by atoms with van der Waals surface area (Å²) < 4.78 is 0. The molecule has 1 aliphatic carbocycles. The van der Waals surface area contributed by atoms with Crippen molar-refractivity contribution in [2.45, 2.75) is 64.0 Å². The molecule has 3 atom stereocenters. The molecule has 0 aromatic carbocycles. The summed E-state index contributed by atoms with van der Waals surface area (Å²) in [4.78, 5) is 2.47. The van der Waals surface area contributed by atoms with Crippen LogP contribution in [0.2, 0.25) is 0 Å². The lowest BCUT2D eigenvalue weighted by molar-refractivity contribution is 0.129. The Balaban J connectivity index is 1.49. The van der Waals surface area contributed by atoms with E-state index in [2.05, 4.69) is 29.5 Å². The van der Waals surface area contributed by atoms with Crippen molar-refractivity contribution in [3.8, 4) is 0 Å². The summed E-state index contributed by atoms with van der Waals surface area (Å²) in [5.41, 5.74) is 0.531. The predicted octanol–water partition coefficient (Wildman–Crippen LogP) is 2.23. The van der Waals surface area contributed by atoms with Crippen LogP contribution < -0.4 is 10.6 Å². The third kappa shape index (κ3) is 3.37. The summed E-state index contributed by atoms with van der Waals surface area (Å²) in [5, 5.41) is 7.71. The predicted molar refractivity (Wildman–Crippen MR) is 85.0 cm³/mol. The molecule has 0 aromatic heterocycles. The number of nitrogens with zero attached hydrogens (tertiary/aromatic N) is 1. The van der Waals surface area contributed by atoms with Gasteiger partial charge in [-0.25, -0.2) is 0 Å². The average molecular weight is 279 g/mol. The van der Waals surface area contributed by atoms with Crippen molar-refractivity contribution < 1.29 is 0 Å². The summed E-state index contributed by atoms with van der Waals surface area (Å²) in [6.07, 6.45) is 9.78. The topological polar surface area (TPSA) is 27.3 Å². The zero-order valence-corrected chi connectivity index (χ0v) is 13.5. The van der Waals surface area contributed by atoms with Gasteiger partial charge in [0.05, 0.1) is 0 Å². The van der Waals surface area contributed by atoms with Gasteiger partial charge in [0.15, 0.2) is 0 Å². The first kappa shape index (κ1) is 14.8. The molecule has 0 spiro atoms. The van der Waals surface area contributed by atoms with E-state index in [1.54, 1.807) is 0 Å². The molecule has 2 saturated heterocycles. The van der Waals surface area contributed by atoms with Gasteiger partial charge in [-0.1, -0.05) is 13.3 Å². The maximum atomic E-state index is 3.98. The van der Waals surface area contributed by atoms with Crippen molar-refractivity contribution in [3.63, 3.8) is 0 Å². The van der Waals surface area contributed by atoms with Crippen LogP contribution in [0.5, 0.6) is 0 Å². The molecule has 116 valence electrons. The van der Waals surface area contributed by atoms with E-state index in [9.17, 15) is 0 Å². The maximum absolute atomic E-state index is 3.98. The lowest BCUT2D eigenvalue weighted by atomic mass is 9.80. The smallest absolute Gasteiger partial charge is 0.0111 e. The van der Waals surface area contributed by atoms with Gasteiger partial charge in [-0.3, -0.25) is 0 Å². The SMILES string of the molecule is CN1CCC(C)(CNC2CCCC2C2CCCN2)CC1. The highest BCUT2D eigenvalue weighted by Gasteiger charge is 2.36. The highest BCUT2D eigenvalue weighted by Crippen LogP contribution is 2.34. The molecule has 3 unspecified atom stereocenters. The summed E-state index contributed by atoms with van der Waals surface area (Å²) in [7, 11) is 2.26. The summed E-state index contributed by atoms with van der Waals surface area (Å²) >= 11 is 0. The van der Waals surface area contributed by atoms with E-state index in [1.165, 1.54) is 71.1 Å². The van der Waals surface area contributed by atoms with Crippen molar-refractivity contribution in [1.29, 1.82) is 0 Å². The Hall–Kier alpha value is -0.120. The van der Waals surface area contributed by atoms with Crippen LogP contribution in [-0.2, 0) is 0 Å². The quantitative estimate of drug-likeness (QED) is 0.826. The van der Waals surface area contributed by atoms with Crippen LogP contribution in [0, 0.1) is 11.3 Å². The molecular formula is C17H33N3. The van der Waals surface area contributed by atoms with E-state index in [-0.39, 0.29) is 0 Å². The summed E-state index contributed by atoms with van der Waals surface area (Å²) in [5.74, 6) is 0.896. The van der Waals surface area contributed by atoms with E-state index in [4.69, 9.17) is 0 Å². The Labute approximate surface area is 124 Å². The van der Waals surface area contributed by atoms with Crippen LogP contribution in [0.25, 0.3) is 0 Å². The molecule has 1 saturated carbocycles. The number of nitrogens with one attached hydrogen (secondary N) is 2. The van der Waals surface area contributed by atoms with Gasteiger partial charge in [0.25, 0.3) is 0 Å². The molecule has 20 heavy (non-hydrogen) atoms. The van der Waals surface area contributed by atoms with Crippen molar-refractivity contribution in [1.82, 2.24) is 15.5 Å². The van der Waals surface area contributed by atoms with Gasteiger partial charge >= 0.3 is 0 Å². The molecule has 3 nitrogen and oxygen atoms in total. The first-order valence-corrected chi connectivity index (χ1v) is 8.82. The summed E-state index contributed by atoms with van der Waals surface area (Å²) in [6, 6.07) is 1.59. The average Bonchev–Trinajstić information content (AvgIpc) is 3.10.